The molecule has 1 saturated heterocycles. The highest BCUT2D eigenvalue weighted by atomic mass is 35.5. The van der Waals surface area contributed by atoms with Gasteiger partial charge in [-0.1, -0.05) is 35.4 Å². The Hall–Kier alpha value is -2.54. The third-order valence-corrected chi connectivity index (χ3v) is 6.21. The number of aromatic carboxylic acids is 1. The molecule has 3 aromatic rings. The molecule has 0 amide bonds. The first-order valence-corrected chi connectivity index (χ1v) is 10.5. The summed E-state index contributed by atoms with van der Waals surface area (Å²) in [4.78, 5) is 19.0. The van der Waals surface area contributed by atoms with Crippen molar-refractivity contribution in [2.45, 2.75) is 26.5 Å². The van der Waals surface area contributed by atoms with Gasteiger partial charge in [0, 0.05) is 43.5 Å². The average Bonchev–Trinajstić information content (AvgIpc) is 3.06. The number of aliphatic hydroxyl groups excluding tert-OH is 1. The van der Waals surface area contributed by atoms with Gasteiger partial charge in [-0.2, -0.15) is 0 Å². The molecule has 1 aliphatic heterocycles. The maximum absolute atomic E-state index is 11.8. The van der Waals surface area contributed by atoms with E-state index in [0.717, 1.165) is 45.8 Å². The lowest BCUT2D eigenvalue weighted by molar-refractivity contribution is 0.00116. The molecule has 0 saturated carbocycles. The number of halogens is 1. The van der Waals surface area contributed by atoms with Crippen LogP contribution in [-0.4, -0.2) is 58.5 Å². The first-order chi connectivity index (χ1) is 14.3. The van der Waals surface area contributed by atoms with Crippen molar-refractivity contribution in [1.82, 2.24) is 9.88 Å². The number of hydrogen-bond acceptors (Lipinski definition) is 4. The first kappa shape index (κ1) is 20.7. The first-order valence-electron chi connectivity index (χ1n) is 10.1. The Bertz CT molecular complexity index is 1070. The van der Waals surface area contributed by atoms with Gasteiger partial charge in [0.15, 0.2) is 0 Å². The van der Waals surface area contributed by atoms with E-state index in [1.807, 2.05) is 42.2 Å². The summed E-state index contributed by atoms with van der Waals surface area (Å²) in [7, 11) is 0. The highest BCUT2D eigenvalue weighted by Crippen LogP contribution is 2.31. The van der Waals surface area contributed by atoms with E-state index in [0.29, 0.717) is 18.7 Å². The lowest BCUT2D eigenvalue weighted by Crippen LogP contribution is -2.51. The Balaban J connectivity index is 1.51. The third kappa shape index (κ3) is 3.90. The number of fused-ring (bicyclic) bond motifs is 1. The zero-order chi connectivity index (χ0) is 21.4. The van der Waals surface area contributed by atoms with Crippen molar-refractivity contribution >= 4 is 34.2 Å². The van der Waals surface area contributed by atoms with Crippen molar-refractivity contribution in [2.24, 2.45) is 0 Å². The number of para-hydroxylation sites is 1. The number of carbonyl (C=O) groups is 1. The molecule has 30 heavy (non-hydrogen) atoms. The van der Waals surface area contributed by atoms with E-state index in [4.69, 9.17) is 11.6 Å². The predicted molar refractivity (Wildman–Crippen MR) is 120 cm³/mol. The zero-order valence-corrected chi connectivity index (χ0v) is 17.9. The van der Waals surface area contributed by atoms with Gasteiger partial charge >= 0.3 is 5.97 Å². The second-order valence-electron chi connectivity index (χ2n) is 7.95. The molecular formula is C23H26ClN3O3. The van der Waals surface area contributed by atoms with Crippen LogP contribution in [0.4, 0.5) is 5.69 Å². The molecule has 0 radical (unpaired) electrons. The van der Waals surface area contributed by atoms with Crippen LogP contribution in [0.25, 0.3) is 10.9 Å². The summed E-state index contributed by atoms with van der Waals surface area (Å²) in [5.41, 5.74) is 4.82. The van der Waals surface area contributed by atoms with Gasteiger partial charge in [0.2, 0.25) is 0 Å². The number of piperazine rings is 1. The van der Waals surface area contributed by atoms with Gasteiger partial charge in [-0.25, -0.2) is 4.79 Å². The van der Waals surface area contributed by atoms with Crippen LogP contribution >= 0.6 is 11.6 Å². The quantitative estimate of drug-likeness (QED) is 0.576. The van der Waals surface area contributed by atoms with E-state index in [9.17, 15) is 15.0 Å². The Labute approximate surface area is 180 Å². The molecule has 1 aromatic heterocycles. The standard InChI is InChI=1S/C23H26ClN3O3/c1-14-6-7-19-16(12-14)17(21(25-19)23(29)30)13-20(28)26-8-10-27(11-9-26)22-15(2)4-3-5-18(22)24/h3-7,12,20,25,28H,8-11,13H2,1-2H3,(H,29,30). The van der Waals surface area contributed by atoms with Crippen LogP contribution in [0.2, 0.25) is 5.02 Å². The smallest absolute Gasteiger partial charge is 0.352 e. The van der Waals surface area contributed by atoms with Crippen LogP contribution in [-0.2, 0) is 6.42 Å². The fourth-order valence-electron chi connectivity index (χ4n) is 4.33. The number of H-pyrrole nitrogens is 1. The molecule has 7 heteroatoms. The maximum Gasteiger partial charge on any atom is 0.352 e. The predicted octanol–water partition coefficient (Wildman–Crippen LogP) is 3.82. The molecule has 6 nitrogen and oxygen atoms in total. The summed E-state index contributed by atoms with van der Waals surface area (Å²) in [5.74, 6) is -1.01. The lowest BCUT2D eigenvalue weighted by atomic mass is 10.0. The number of nitrogens with one attached hydrogen (secondary N) is 1. The van der Waals surface area contributed by atoms with Gasteiger partial charge in [0.1, 0.15) is 11.9 Å². The van der Waals surface area contributed by atoms with Crippen LogP contribution in [0, 0.1) is 13.8 Å². The zero-order valence-electron chi connectivity index (χ0n) is 17.2. The Morgan fingerprint density at radius 2 is 1.90 bits per heavy atom. The minimum atomic E-state index is -1.01. The number of aromatic nitrogens is 1. The molecule has 1 aliphatic rings. The van der Waals surface area contributed by atoms with E-state index >= 15 is 0 Å². The van der Waals surface area contributed by atoms with Gasteiger partial charge in [-0.05, 0) is 43.2 Å². The normalized spacial score (nSPS) is 16.2. The molecule has 158 valence electrons. The number of anilines is 1. The number of carboxylic acids is 1. The van der Waals surface area contributed by atoms with Crippen molar-refractivity contribution in [3.05, 3.63) is 63.8 Å². The molecule has 3 N–H and O–H groups in total. The number of aromatic amines is 1. The largest absolute Gasteiger partial charge is 0.477 e. The van der Waals surface area contributed by atoms with Crippen LogP contribution < -0.4 is 4.90 Å². The molecule has 4 rings (SSSR count). The fourth-order valence-corrected chi connectivity index (χ4v) is 4.68. The summed E-state index contributed by atoms with van der Waals surface area (Å²) in [6.45, 7) is 6.88. The minimum absolute atomic E-state index is 0.153. The van der Waals surface area contributed by atoms with E-state index in [1.54, 1.807) is 0 Å². The van der Waals surface area contributed by atoms with Crippen LogP contribution in [0.1, 0.15) is 27.2 Å². The molecule has 1 fully saturated rings. The lowest BCUT2D eigenvalue weighted by Gasteiger charge is -2.39. The summed E-state index contributed by atoms with van der Waals surface area (Å²) < 4.78 is 0. The number of carboxylic acid groups (broad SMARTS) is 1. The monoisotopic (exact) mass is 427 g/mol. The van der Waals surface area contributed by atoms with Crippen molar-refractivity contribution in [3.63, 3.8) is 0 Å². The van der Waals surface area contributed by atoms with Crippen molar-refractivity contribution in [3.8, 4) is 0 Å². The van der Waals surface area contributed by atoms with Gasteiger partial charge in [-0.15, -0.1) is 0 Å². The fraction of sp³-hybridized carbons (Fsp3) is 0.348. The van der Waals surface area contributed by atoms with Crippen molar-refractivity contribution in [1.29, 1.82) is 0 Å². The molecule has 1 atom stereocenters. The summed E-state index contributed by atoms with van der Waals surface area (Å²) in [5, 5.41) is 22.1. The average molecular weight is 428 g/mol. The molecule has 0 spiro atoms. The van der Waals surface area contributed by atoms with Gasteiger partial charge < -0.3 is 20.1 Å². The number of rotatable bonds is 5. The summed E-state index contributed by atoms with van der Waals surface area (Å²) in [6, 6.07) is 11.7. The van der Waals surface area contributed by atoms with Crippen molar-refractivity contribution in [2.75, 3.05) is 31.1 Å². The minimum Gasteiger partial charge on any atom is -0.477 e. The van der Waals surface area contributed by atoms with Crippen LogP contribution in [0.5, 0.6) is 0 Å². The Morgan fingerprint density at radius 3 is 2.57 bits per heavy atom. The Morgan fingerprint density at radius 1 is 1.17 bits per heavy atom. The second-order valence-corrected chi connectivity index (χ2v) is 8.35. The van der Waals surface area contributed by atoms with Crippen LogP contribution in [0.15, 0.2) is 36.4 Å². The van der Waals surface area contributed by atoms with E-state index in [2.05, 4.69) is 22.9 Å². The number of aliphatic hydroxyl groups is 1. The summed E-state index contributed by atoms with van der Waals surface area (Å²) >= 11 is 6.41. The topological polar surface area (TPSA) is 79.8 Å². The van der Waals surface area contributed by atoms with E-state index in [1.165, 1.54) is 0 Å². The maximum atomic E-state index is 11.8. The van der Waals surface area contributed by atoms with Gasteiger partial charge in [0.05, 0.1) is 10.7 Å². The third-order valence-electron chi connectivity index (χ3n) is 5.90. The second kappa shape index (κ2) is 8.30. The number of hydrogen-bond donors (Lipinski definition) is 3. The molecule has 0 bridgehead atoms. The van der Waals surface area contributed by atoms with Gasteiger partial charge in [0.25, 0.3) is 0 Å². The highest BCUT2D eigenvalue weighted by molar-refractivity contribution is 6.33. The van der Waals surface area contributed by atoms with E-state index in [-0.39, 0.29) is 12.1 Å². The SMILES string of the molecule is Cc1ccc2[nH]c(C(=O)O)c(CC(O)N3CCN(c4c(C)cccc4Cl)CC3)c2c1. The number of benzene rings is 2. The highest BCUT2D eigenvalue weighted by Gasteiger charge is 2.27. The molecular weight excluding hydrogens is 402 g/mol. The van der Waals surface area contributed by atoms with Crippen LogP contribution in [0.3, 0.4) is 0 Å². The molecule has 1 unspecified atom stereocenters. The number of aryl methyl sites for hydroxylation is 2. The van der Waals surface area contributed by atoms with E-state index < -0.39 is 12.2 Å². The Kier molecular flexibility index (Phi) is 5.73. The molecule has 0 aliphatic carbocycles. The molecule has 2 heterocycles. The molecule has 2 aromatic carbocycles. The number of nitrogens with zero attached hydrogens (tertiary/aromatic N) is 2. The van der Waals surface area contributed by atoms with Crippen molar-refractivity contribution < 1.29 is 15.0 Å². The summed E-state index contributed by atoms with van der Waals surface area (Å²) in [6.07, 6.45) is -0.493. The van der Waals surface area contributed by atoms with Gasteiger partial charge in [-0.3, -0.25) is 4.90 Å².